The second-order valence-electron chi connectivity index (χ2n) is 6.09. The fourth-order valence-corrected chi connectivity index (χ4v) is 3.47. The minimum Gasteiger partial charge on any atom is -0.454 e. The first-order valence-electron chi connectivity index (χ1n) is 8.39. The van der Waals surface area contributed by atoms with Gasteiger partial charge in [-0.2, -0.15) is 0 Å². The van der Waals surface area contributed by atoms with E-state index in [0.717, 1.165) is 22.6 Å². The second kappa shape index (κ2) is 7.32. The Kier molecular flexibility index (Phi) is 4.72. The van der Waals surface area contributed by atoms with Crippen LogP contribution in [0.2, 0.25) is 0 Å². The molecule has 1 aromatic heterocycles. The maximum absolute atomic E-state index is 12.2. The molecule has 0 spiro atoms. The number of hydrogen-bond donors (Lipinski definition) is 1. The molecule has 0 saturated carbocycles. The quantitative estimate of drug-likeness (QED) is 0.683. The monoisotopic (exact) mass is 382 g/mol. The molecule has 4 rings (SSSR count). The van der Waals surface area contributed by atoms with E-state index in [4.69, 9.17) is 9.47 Å². The van der Waals surface area contributed by atoms with E-state index in [1.54, 1.807) is 0 Å². The Labute approximate surface area is 160 Å². The summed E-state index contributed by atoms with van der Waals surface area (Å²) in [5, 5.41) is 12.0. The van der Waals surface area contributed by atoms with Crippen molar-refractivity contribution >= 4 is 23.4 Å². The lowest BCUT2D eigenvalue weighted by Gasteiger charge is -2.08. The Hall–Kier alpha value is -3.00. The molecule has 2 aromatic carbocycles. The van der Waals surface area contributed by atoms with Gasteiger partial charge in [0.1, 0.15) is 0 Å². The number of hydrogen-bond acceptors (Lipinski definition) is 6. The van der Waals surface area contributed by atoms with Gasteiger partial charge in [-0.3, -0.25) is 4.79 Å². The van der Waals surface area contributed by atoms with Gasteiger partial charge in [0, 0.05) is 18.3 Å². The number of nitrogens with zero attached hydrogens (tertiary/aromatic N) is 3. The van der Waals surface area contributed by atoms with Gasteiger partial charge in [0.2, 0.25) is 12.7 Å². The Morgan fingerprint density at radius 2 is 2.00 bits per heavy atom. The molecular weight excluding hydrogens is 364 g/mol. The molecule has 0 unspecified atom stereocenters. The number of amides is 1. The zero-order valence-electron chi connectivity index (χ0n) is 14.9. The summed E-state index contributed by atoms with van der Waals surface area (Å²) in [6, 6.07) is 13.3. The highest BCUT2D eigenvalue weighted by Crippen LogP contribution is 2.35. The lowest BCUT2D eigenvalue weighted by Crippen LogP contribution is -2.15. The molecule has 1 amide bonds. The third-order valence-electron chi connectivity index (χ3n) is 4.22. The van der Waals surface area contributed by atoms with Gasteiger partial charge in [0.05, 0.1) is 5.75 Å². The molecule has 8 heteroatoms. The first kappa shape index (κ1) is 17.4. The Morgan fingerprint density at radius 3 is 2.85 bits per heavy atom. The number of aromatic nitrogens is 3. The molecule has 0 bridgehead atoms. The predicted octanol–water partition coefficient (Wildman–Crippen LogP) is 3.25. The van der Waals surface area contributed by atoms with E-state index in [2.05, 4.69) is 15.5 Å². The van der Waals surface area contributed by atoms with Crippen LogP contribution in [-0.4, -0.2) is 33.2 Å². The topological polar surface area (TPSA) is 78.3 Å². The van der Waals surface area contributed by atoms with E-state index in [-0.39, 0.29) is 18.5 Å². The first-order valence-corrected chi connectivity index (χ1v) is 9.38. The van der Waals surface area contributed by atoms with Crippen LogP contribution < -0.4 is 14.8 Å². The van der Waals surface area contributed by atoms with E-state index < -0.39 is 0 Å². The van der Waals surface area contributed by atoms with Crippen molar-refractivity contribution < 1.29 is 14.3 Å². The molecule has 7 nitrogen and oxygen atoms in total. The van der Waals surface area contributed by atoms with Crippen LogP contribution in [0.4, 0.5) is 5.69 Å². The molecule has 1 aliphatic heterocycles. The molecule has 0 saturated heterocycles. The molecule has 0 fully saturated rings. The van der Waals surface area contributed by atoms with Gasteiger partial charge in [0.25, 0.3) is 0 Å². The van der Waals surface area contributed by atoms with Crippen molar-refractivity contribution in [3.63, 3.8) is 0 Å². The molecular formula is C19H18N4O3S. The van der Waals surface area contributed by atoms with E-state index in [1.807, 2.05) is 61.0 Å². The van der Waals surface area contributed by atoms with Gasteiger partial charge in [0.15, 0.2) is 22.5 Å². The highest BCUT2D eigenvalue weighted by Gasteiger charge is 2.18. The van der Waals surface area contributed by atoms with Crippen LogP contribution in [-0.2, 0) is 11.8 Å². The van der Waals surface area contributed by atoms with Gasteiger partial charge in [-0.25, -0.2) is 0 Å². The van der Waals surface area contributed by atoms with Gasteiger partial charge in [-0.05, 0) is 36.8 Å². The SMILES string of the molecule is Cc1ccccc1NC(=O)CSc1nnc(-c2ccc3c(c2)OCO3)n1C. The van der Waals surface area contributed by atoms with Crippen molar-refractivity contribution in [3.8, 4) is 22.9 Å². The number of ether oxygens (including phenoxy) is 2. The third kappa shape index (κ3) is 3.61. The van der Waals surface area contributed by atoms with E-state index in [0.29, 0.717) is 16.7 Å². The number of carbonyl (C=O) groups excluding carboxylic acids is 1. The number of nitrogens with one attached hydrogen (secondary N) is 1. The number of aryl methyl sites for hydroxylation is 1. The minimum atomic E-state index is -0.0815. The van der Waals surface area contributed by atoms with Crippen LogP contribution in [0.1, 0.15) is 5.56 Å². The van der Waals surface area contributed by atoms with Crippen LogP contribution in [0.15, 0.2) is 47.6 Å². The lowest BCUT2D eigenvalue weighted by atomic mass is 10.2. The molecule has 27 heavy (non-hydrogen) atoms. The van der Waals surface area contributed by atoms with Crippen LogP contribution in [0.5, 0.6) is 11.5 Å². The van der Waals surface area contributed by atoms with Gasteiger partial charge in [-0.1, -0.05) is 30.0 Å². The number of carbonyl (C=O) groups is 1. The molecule has 0 radical (unpaired) electrons. The highest BCUT2D eigenvalue weighted by atomic mass is 32.2. The number of anilines is 1. The van der Waals surface area contributed by atoms with E-state index >= 15 is 0 Å². The number of thioether (sulfide) groups is 1. The standard InChI is InChI=1S/C19H18N4O3S/c1-12-5-3-4-6-14(12)20-17(24)10-27-19-22-21-18(23(19)2)13-7-8-15-16(9-13)26-11-25-15/h3-9H,10-11H2,1-2H3,(H,20,24). The zero-order chi connectivity index (χ0) is 18.8. The highest BCUT2D eigenvalue weighted by molar-refractivity contribution is 7.99. The summed E-state index contributed by atoms with van der Waals surface area (Å²) in [6.45, 7) is 2.19. The maximum Gasteiger partial charge on any atom is 0.234 e. The van der Waals surface area contributed by atoms with Crippen LogP contribution in [0.3, 0.4) is 0 Å². The molecule has 1 aliphatic rings. The summed E-state index contributed by atoms with van der Waals surface area (Å²) < 4.78 is 12.6. The Morgan fingerprint density at radius 1 is 1.19 bits per heavy atom. The van der Waals surface area contributed by atoms with E-state index in [1.165, 1.54) is 11.8 Å². The maximum atomic E-state index is 12.2. The van der Waals surface area contributed by atoms with Crippen molar-refractivity contribution in [2.75, 3.05) is 17.9 Å². The molecule has 3 aromatic rings. The third-order valence-corrected chi connectivity index (χ3v) is 5.24. The second-order valence-corrected chi connectivity index (χ2v) is 7.03. The molecule has 2 heterocycles. The molecule has 0 aliphatic carbocycles. The summed E-state index contributed by atoms with van der Waals surface area (Å²) in [7, 11) is 1.88. The summed E-state index contributed by atoms with van der Waals surface area (Å²) in [6.07, 6.45) is 0. The number of fused-ring (bicyclic) bond motifs is 1. The fourth-order valence-electron chi connectivity index (χ4n) is 2.76. The van der Waals surface area contributed by atoms with E-state index in [9.17, 15) is 4.79 Å². The van der Waals surface area contributed by atoms with Gasteiger partial charge in [-0.15, -0.1) is 10.2 Å². The summed E-state index contributed by atoms with van der Waals surface area (Å²) in [5.74, 6) is 2.30. The normalized spacial score (nSPS) is 12.2. The van der Waals surface area contributed by atoms with Crippen LogP contribution in [0.25, 0.3) is 11.4 Å². The Bertz CT molecular complexity index is 1000. The van der Waals surface area contributed by atoms with Gasteiger partial charge >= 0.3 is 0 Å². The number of benzene rings is 2. The van der Waals surface area contributed by atoms with Crippen LogP contribution >= 0.6 is 11.8 Å². The zero-order valence-corrected chi connectivity index (χ0v) is 15.7. The number of para-hydroxylation sites is 1. The smallest absolute Gasteiger partial charge is 0.234 e. The minimum absolute atomic E-state index is 0.0815. The summed E-state index contributed by atoms with van der Waals surface area (Å²) in [4.78, 5) is 12.2. The summed E-state index contributed by atoms with van der Waals surface area (Å²) in [5.41, 5.74) is 2.73. The predicted molar refractivity (Wildman–Crippen MR) is 103 cm³/mol. The first-order chi connectivity index (χ1) is 13.1. The van der Waals surface area contributed by atoms with Crippen LogP contribution in [0, 0.1) is 6.92 Å². The van der Waals surface area contributed by atoms with Crippen molar-refractivity contribution in [2.45, 2.75) is 12.1 Å². The van der Waals surface area contributed by atoms with Crippen molar-refractivity contribution in [2.24, 2.45) is 7.05 Å². The lowest BCUT2D eigenvalue weighted by molar-refractivity contribution is -0.113. The summed E-state index contributed by atoms with van der Waals surface area (Å²) >= 11 is 1.34. The average molecular weight is 382 g/mol. The van der Waals surface area contributed by atoms with Crippen molar-refractivity contribution in [1.82, 2.24) is 14.8 Å². The van der Waals surface area contributed by atoms with Gasteiger partial charge < -0.3 is 19.4 Å². The molecule has 0 atom stereocenters. The molecule has 1 N–H and O–H groups in total. The molecule has 138 valence electrons. The number of rotatable bonds is 5. The largest absolute Gasteiger partial charge is 0.454 e. The van der Waals surface area contributed by atoms with Crippen molar-refractivity contribution in [3.05, 3.63) is 48.0 Å². The van der Waals surface area contributed by atoms with Crippen molar-refractivity contribution in [1.29, 1.82) is 0 Å². The fraction of sp³-hybridized carbons (Fsp3) is 0.211. The average Bonchev–Trinajstić information content (AvgIpc) is 3.27. The Balaban J connectivity index is 1.43.